The van der Waals surface area contributed by atoms with Crippen molar-refractivity contribution in [1.29, 1.82) is 0 Å². The van der Waals surface area contributed by atoms with Gasteiger partial charge < -0.3 is 14.4 Å². The van der Waals surface area contributed by atoms with E-state index in [0.29, 0.717) is 18.7 Å². The lowest BCUT2D eigenvalue weighted by atomic mass is 9.99. The van der Waals surface area contributed by atoms with Crippen LogP contribution in [0.5, 0.6) is 0 Å². The van der Waals surface area contributed by atoms with Crippen molar-refractivity contribution in [3.63, 3.8) is 0 Å². The summed E-state index contributed by atoms with van der Waals surface area (Å²) < 4.78 is 5.33. The number of nitrogens with zero attached hydrogens (tertiary/aromatic N) is 2. The number of likely N-dealkylation sites (tertiary alicyclic amines) is 1. The molecule has 24 heavy (non-hydrogen) atoms. The standard InChI is InChI=1S/C19H26N2O3/c1-4-13-5-6-18-15(9-13)14(10-19(23)24-18)11-21-8-7-16(20(2)3)17(22)12-21/h5-6,9-10,16-17,22H,4,7-8,11-12H2,1-3H3/t16-,17-/m0/s1. The Hall–Kier alpha value is -1.69. The second kappa shape index (κ2) is 7.05. The molecule has 3 rings (SSSR count). The third-order valence-electron chi connectivity index (χ3n) is 4.99. The van der Waals surface area contributed by atoms with Gasteiger partial charge in [0.15, 0.2) is 0 Å². The molecular weight excluding hydrogens is 304 g/mol. The van der Waals surface area contributed by atoms with E-state index in [1.54, 1.807) is 6.07 Å². The molecule has 5 nitrogen and oxygen atoms in total. The molecule has 0 spiro atoms. The summed E-state index contributed by atoms with van der Waals surface area (Å²) in [5.41, 5.74) is 2.53. The monoisotopic (exact) mass is 330 g/mol. The van der Waals surface area contributed by atoms with Gasteiger partial charge in [0.05, 0.1) is 6.10 Å². The number of piperidine rings is 1. The molecule has 1 N–H and O–H groups in total. The molecule has 0 amide bonds. The number of aliphatic hydroxyl groups is 1. The normalized spacial score (nSPS) is 22.4. The fraction of sp³-hybridized carbons (Fsp3) is 0.526. The summed E-state index contributed by atoms with van der Waals surface area (Å²) in [5.74, 6) is 0. The van der Waals surface area contributed by atoms with Crippen molar-refractivity contribution < 1.29 is 9.52 Å². The highest BCUT2D eigenvalue weighted by atomic mass is 16.4. The Morgan fingerprint density at radius 3 is 2.79 bits per heavy atom. The summed E-state index contributed by atoms with van der Waals surface area (Å²) in [6, 6.07) is 7.78. The maximum Gasteiger partial charge on any atom is 0.336 e. The molecule has 1 aliphatic heterocycles. The number of aryl methyl sites for hydroxylation is 1. The van der Waals surface area contributed by atoms with Crippen molar-refractivity contribution in [3.8, 4) is 0 Å². The number of aliphatic hydroxyl groups excluding tert-OH is 1. The molecule has 1 saturated heterocycles. The first-order valence-corrected chi connectivity index (χ1v) is 8.60. The largest absolute Gasteiger partial charge is 0.423 e. The summed E-state index contributed by atoms with van der Waals surface area (Å²) in [6.45, 7) is 4.31. The van der Waals surface area contributed by atoms with E-state index in [9.17, 15) is 9.90 Å². The Balaban J connectivity index is 1.86. The van der Waals surface area contributed by atoms with Crippen molar-refractivity contribution in [2.75, 3.05) is 27.2 Å². The van der Waals surface area contributed by atoms with Crippen LogP contribution in [0.15, 0.2) is 33.5 Å². The predicted molar refractivity (Wildman–Crippen MR) is 95.2 cm³/mol. The molecule has 130 valence electrons. The number of β-amino-alcohol motifs (C(OH)–C–C–N with tert-alkyl or cyclic N) is 1. The zero-order chi connectivity index (χ0) is 17.3. The van der Waals surface area contributed by atoms with E-state index >= 15 is 0 Å². The van der Waals surface area contributed by atoms with Crippen LogP contribution < -0.4 is 5.63 Å². The number of hydrogen-bond donors (Lipinski definition) is 1. The lowest BCUT2D eigenvalue weighted by molar-refractivity contribution is 0.00166. The minimum atomic E-state index is -0.369. The molecule has 0 unspecified atom stereocenters. The molecule has 0 bridgehead atoms. The fourth-order valence-corrected chi connectivity index (χ4v) is 3.60. The SMILES string of the molecule is CCc1ccc2oc(=O)cc(CN3CC[C@H](N(C)C)[C@@H](O)C3)c2c1. The van der Waals surface area contributed by atoms with E-state index in [-0.39, 0.29) is 17.8 Å². The number of benzene rings is 1. The zero-order valence-electron chi connectivity index (χ0n) is 14.7. The van der Waals surface area contributed by atoms with Crippen molar-refractivity contribution in [1.82, 2.24) is 9.80 Å². The molecular formula is C19H26N2O3. The highest BCUT2D eigenvalue weighted by Gasteiger charge is 2.29. The first-order chi connectivity index (χ1) is 11.5. The first-order valence-electron chi connectivity index (χ1n) is 8.60. The van der Waals surface area contributed by atoms with Crippen LogP contribution in [-0.4, -0.2) is 54.2 Å². The second-order valence-electron chi connectivity index (χ2n) is 6.90. The third-order valence-corrected chi connectivity index (χ3v) is 4.99. The fourth-order valence-electron chi connectivity index (χ4n) is 3.60. The molecule has 2 heterocycles. The Morgan fingerprint density at radius 2 is 2.12 bits per heavy atom. The molecule has 1 fully saturated rings. The lowest BCUT2D eigenvalue weighted by Crippen LogP contribution is -2.51. The second-order valence-corrected chi connectivity index (χ2v) is 6.90. The van der Waals surface area contributed by atoms with Crippen LogP contribution >= 0.6 is 0 Å². The Bertz CT molecular complexity index is 769. The van der Waals surface area contributed by atoms with Crippen molar-refractivity contribution in [3.05, 3.63) is 45.8 Å². The Kier molecular flexibility index (Phi) is 5.04. The van der Waals surface area contributed by atoms with Gasteiger partial charge in [-0.25, -0.2) is 4.79 Å². The summed E-state index contributed by atoms with van der Waals surface area (Å²) in [5, 5.41) is 11.4. The van der Waals surface area contributed by atoms with Gasteiger partial charge in [0.2, 0.25) is 0 Å². The van der Waals surface area contributed by atoms with Crippen LogP contribution in [0.4, 0.5) is 0 Å². The highest BCUT2D eigenvalue weighted by molar-refractivity contribution is 5.80. The minimum absolute atomic E-state index is 0.200. The van der Waals surface area contributed by atoms with E-state index < -0.39 is 0 Å². The number of rotatable bonds is 4. The maximum atomic E-state index is 11.9. The number of fused-ring (bicyclic) bond motifs is 1. The molecule has 0 saturated carbocycles. The van der Waals surface area contributed by atoms with Gasteiger partial charge in [-0.3, -0.25) is 4.90 Å². The van der Waals surface area contributed by atoms with E-state index in [1.165, 1.54) is 5.56 Å². The molecule has 2 atom stereocenters. The topological polar surface area (TPSA) is 56.9 Å². The average Bonchev–Trinajstić information content (AvgIpc) is 2.54. The summed E-state index contributed by atoms with van der Waals surface area (Å²) in [4.78, 5) is 16.2. The maximum absolute atomic E-state index is 11.9. The highest BCUT2D eigenvalue weighted by Crippen LogP contribution is 2.23. The average molecular weight is 330 g/mol. The predicted octanol–water partition coefficient (Wildman–Crippen LogP) is 1.85. The van der Waals surface area contributed by atoms with E-state index in [4.69, 9.17) is 4.42 Å². The van der Waals surface area contributed by atoms with Crippen LogP contribution in [0.1, 0.15) is 24.5 Å². The molecule has 2 aromatic rings. The van der Waals surface area contributed by atoms with Crippen LogP contribution in [-0.2, 0) is 13.0 Å². The van der Waals surface area contributed by atoms with Crippen LogP contribution in [0.2, 0.25) is 0 Å². The van der Waals surface area contributed by atoms with Crippen LogP contribution in [0.3, 0.4) is 0 Å². The van der Waals surface area contributed by atoms with E-state index in [0.717, 1.165) is 30.3 Å². The van der Waals surface area contributed by atoms with E-state index in [2.05, 4.69) is 22.8 Å². The first kappa shape index (κ1) is 17.1. The van der Waals surface area contributed by atoms with Gasteiger partial charge in [-0.2, -0.15) is 0 Å². The number of likely N-dealkylation sites (N-methyl/N-ethyl adjacent to an activating group) is 1. The van der Waals surface area contributed by atoms with Gasteiger partial charge in [0, 0.05) is 37.1 Å². The Labute approximate surface area is 142 Å². The van der Waals surface area contributed by atoms with Crippen LogP contribution in [0.25, 0.3) is 11.0 Å². The molecule has 0 aliphatic carbocycles. The van der Waals surface area contributed by atoms with Gasteiger partial charge in [-0.05, 0) is 50.2 Å². The lowest BCUT2D eigenvalue weighted by Gasteiger charge is -2.39. The smallest absolute Gasteiger partial charge is 0.336 e. The molecule has 5 heteroatoms. The van der Waals surface area contributed by atoms with Gasteiger partial charge >= 0.3 is 5.63 Å². The number of hydrogen-bond acceptors (Lipinski definition) is 5. The Morgan fingerprint density at radius 1 is 1.33 bits per heavy atom. The van der Waals surface area contributed by atoms with Crippen LogP contribution in [0, 0.1) is 0 Å². The van der Waals surface area contributed by atoms with Gasteiger partial charge in [0.25, 0.3) is 0 Å². The van der Waals surface area contributed by atoms with Gasteiger partial charge in [-0.15, -0.1) is 0 Å². The summed E-state index contributed by atoms with van der Waals surface area (Å²) >= 11 is 0. The molecule has 1 aromatic carbocycles. The van der Waals surface area contributed by atoms with Gasteiger partial charge in [-0.1, -0.05) is 13.0 Å². The molecule has 1 aromatic heterocycles. The summed E-state index contributed by atoms with van der Waals surface area (Å²) in [7, 11) is 4.01. The zero-order valence-corrected chi connectivity index (χ0v) is 14.7. The summed E-state index contributed by atoms with van der Waals surface area (Å²) in [6.07, 6.45) is 1.50. The minimum Gasteiger partial charge on any atom is -0.423 e. The van der Waals surface area contributed by atoms with Crippen molar-refractivity contribution in [2.24, 2.45) is 0 Å². The van der Waals surface area contributed by atoms with E-state index in [1.807, 2.05) is 26.2 Å². The van der Waals surface area contributed by atoms with Gasteiger partial charge in [0.1, 0.15) is 5.58 Å². The molecule has 1 aliphatic rings. The van der Waals surface area contributed by atoms with Crippen molar-refractivity contribution in [2.45, 2.75) is 38.5 Å². The third kappa shape index (κ3) is 3.53. The molecule has 0 radical (unpaired) electrons. The quantitative estimate of drug-likeness (QED) is 0.867. The van der Waals surface area contributed by atoms with Crippen molar-refractivity contribution >= 4 is 11.0 Å².